The smallest absolute Gasteiger partial charge is 0.325 e. The number of hydrogen-bond donors (Lipinski definition) is 2. The van der Waals surface area contributed by atoms with Gasteiger partial charge in [-0.3, -0.25) is 9.69 Å². The molecule has 0 aromatic heterocycles. The van der Waals surface area contributed by atoms with E-state index in [-0.39, 0.29) is 17.9 Å². The molecule has 6 nitrogen and oxygen atoms in total. The molecule has 2 atom stereocenters. The molecule has 0 radical (unpaired) electrons. The lowest BCUT2D eigenvalue weighted by atomic mass is 9.72. The number of nitrogens with one attached hydrogen (secondary N) is 1. The van der Waals surface area contributed by atoms with Crippen LogP contribution in [0.1, 0.15) is 39.0 Å². The topological polar surface area (TPSA) is 84.7 Å². The summed E-state index contributed by atoms with van der Waals surface area (Å²) >= 11 is 0. The van der Waals surface area contributed by atoms with Gasteiger partial charge in [-0.1, -0.05) is 19.8 Å². The van der Waals surface area contributed by atoms with Crippen molar-refractivity contribution in [2.45, 2.75) is 44.6 Å². The Morgan fingerprint density at radius 3 is 2.90 bits per heavy atom. The molecule has 2 aliphatic rings. The van der Waals surface area contributed by atoms with Gasteiger partial charge in [0.05, 0.1) is 13.2 Å². The number of nitrogens with zero attached hydrogens (tertiary/aromatic N) is 1. The Morgan fingerprint density at radius 1 is 1.40 bits per heavy atom. The van der Waals surface area contributed by atoms with E-state index in [1.165, 1.54) is 4.90 Å². The number of carbonyl (C=O) groups is 2. The highest BCUT2D eigenvalue weighted by atomic mass is 16.5. The maximum atomic E-state index is 12.7. The third kappa shape index (κ3) is 2.67. The van der Waals surface area contributed by atoms with Crippen molar-refractivity contribution in [3.8, 4) is 0 Å². The molecule has 0 aromatic rings. The molecule has 1 aliphatic heterocycles. The number of nitrogens with two attached hydrogens (primary N) is 1. The summed E-state index contributed by atoms with van der Waals surface area (Å²) in [6, 6.07) is -0.296. The summed E-state index contributed by atoms with van der Waals surface area (Å²) in [6.07, 6.45) is 4.57. The minimum absolute atomic E-state index is 0.0502. The number of amides is 3. The quantitative estimate of drug-likeness (QED) is 0.559. The fraction of sp³-hybridized carbons (Fsp3) is 0.857. The predicted molar refractivity (Wildman–Crippen MR) is 75.1 cm³/mol. The highest BCUT2D eigenvalue weighted by Gasteiger charge is 2.55. The van der Waals surface area contributed by atoms with E-state index in [4.69, 9.17) is 10.5 Å². The molecule has 2 unspecified atom stereocenters. The molecule has 3 N–H and O–H groups in total. The van der Waals surface area contributed by atoms with E-state index in [9.17, 15) is 9.59 Å². The van der Waals surface area contributed by atoms with Crippen molar-refractivity contribution in [1.29, 1.82) is 0 Å². The van der Waals surface area contributed by atoms with Crippen LogP contribution in [0.5, 0.6) is 0 Å². The number of urea groups is 1. The van der Waals surface area contributed by atoms with E-state index in [1.807, 2.05) is 6.92 Å². The third-order valence-corrected chi connectivity index (χ3v) is 4.36. The number of ether oxygens (including phenoxy) is 1. The van der Waals surface area contributed by atoms with Crippen LogP contribution in [0.25, 0.3) is 0 Å². The van der Waals surface area contributed by atoms with Gasteiger partial charge in [-0.25, -0.2) is 4.79 Å². The first-order chi connectivity index (χ1) is 9.65. The molecular formula is C14H25N3O3. The van der Waals surface area contributed by atoms with Gasteiger partial charge in [0.2, 0.25) is 0 Å². The summed E-state index contributed by atoms with van der Waals surface area (Å²) in [6.45, 7) is 3.84. The fourth-order valence-corrected chi connectivity index (χ4v) is 3.26. The maximum Gasteiger partial charge on any atom is 0.325 e. The Bertz CT molecular complexity index is 375. The van der Waals surface area contributed by atoms with E-state index in [0.717, 1.165) is 25.7 Å². The number of carbonyl (C=O) groups excluding carboxylic acids is 2. The number of hydrogen-bond acceptors (Lipinski definition) is 4. The molecule has 114 valence electrons. The molecule has 2 fully saturated rings. The van der Waals surface area contributed by atoms with E-state index >= 15 is 0 Å². The second kappa shape index (κ2) is 6.54. The van der Waals surface area contributed by atoms with Crippen LogP contribution in [-0.2, 0) is 9.53 Å². The number of rotatable bonds is 6. The van der Waals surface area contributed by atoms with Gasteiger partial charge in [-0.15, -0.1) is 0 Å². The zero-order valence-electron chi connectivity index (χ0n) is 12.2. The standard InChI is InChI=1S/C14H25N3O3/c1-2-8-20-9-7-17-12(18)14(16-13(17)19)6-4-3-5-11(14)10-15/h11H,2-10,15H2,1H3,(H,16,19). The molecule has 20 heavy (non-hydrogen) atoms. The lowest BCUT2D eigenvalue weighted by Gasteiger charge is -2.38. The first-order valence-electron chi connectivity index (χ1n) is 7.57. The van der Waals surface area contributed by atoms with Crippen molar-refractivity contribution >= 4 is 11.9 Å². The van der Waals surface area contributed by atoms with E-state index < -0.39 is 5.54 Å². The highest BCUT2D eigenvalue weighted by Crippen LogP contribution is 2.37. The van der Waals surface area contributed by atoms with Gasteiger partial charge in [0.25, 0.3) is 5.91 Å². The first kappa shape index (κ1) is 15.3. The maximum absolute atomic E-state index is 12.7. The molecule has 3 amide bonds. The van der Waals surface area contributed by atoms with Crippen molar-refractivity contribution in [2.24, 2.45) is 11.7 Å². The van der Waals surface area contributed by atoms with Gasteiger partial charge in [-0.2, -0.15) is 0 Å². The summed E-state index contributed by atoms with van der Waals surface area (Å²) in [5, 5.41) is 2.91. The van der Waals surface area contributed by atoms with Crippen molar-refractivity contribution in [2.75, 3.05) is 26.3 Å². The Balaban J connectivity index is 2.03. The SMILES string of the molecule is CCCOCCN1C(=O)NC2(CCCCC2CN)C1=O. The van der Waals surface area contributed by atoms with Crippen LogP contribution in [0.3, 0.4) is 0 Å². The Hall–Kier alpha value is -1.14. The Kier molecular flexibility index (Phi) is 4.99. The van der Waals surface area contributed by atoms with Gasteiger partial charge in [0.15, 0.2) is 0 Å². The van der Waals surface area contributed by atoms with Crippen LogP contribution in [0.2, 0.25) is 0 Å². The van der Waals surface area contributed by atoms with Crippen molar-refractivity contribution in [3.05, 3.63) is 0 Å². The highest BCUT2D eigenvalue weighted by molar-refractivity contribution is 6.07. The van der Waals surface area contributed by atoms with Crippen LogP contribution >= 0.6 is 0 Å². The molecule has 1 spiro atoms. The minimum atomic E-state index is -0.755. The molecular weight excluding hydrogens is 258 g/mol. The lowest BCUT2D eigenvalue weighted by Crippen LogP contribution is -2.57. The molecule has 6 heteroatoms. The summed E-state index contributed by atoms with van der Waals surface area (Å²) in [5.41, 5.74) is 5.05. The van der Waals surface area contributed by atoms with Gasteiger partial charge in [0.1, 0.15) is 5.54 Å². The van der Waals surface area contributed by atoms with Gasteiger partial charge in [-0.05, 0) is 25.8 Å². The van der Waals surface area contributed by atoms with Gasteiger partial charge >= 0.3 is 6.03 Å². The fourth-order valence-electron chi connectivity index (χ4n) is 3.26. The van der Waals surface area contributed by atoms with Crippen LogP contribution in [0.4, 0.5) is 4.79 Å². The average molecular weight is 283 g/mol. The van der Waals surface area contributed by atoms with E-state index in [2.05, 4.69) is 5.32 Å². The zero-order chi connectivity index (χ0) is 14.6. The molecule has 1 aliphatic carbocycles. The first-order valence-corrected chi connectivity index (χ1v) is 7.57. The summed E-state index contributed by atoms with van der Waals surface area (Å²) in [5.74, 6) is -0.0630. The Morgan fingerprint density at radius 2 is 2.20 bits per heavy atom. The zero-order valence-corrected chi connectivity index (χ0v) is 12.2. The predicted octanol–water partition coefficient (Wildman–Crippen LogP) is 0.853. The molecule has 1 saturated carbocycles. The van der Waals surface area contributed by atoms with Gasteiger partial charge < -0.3 is 15.8 Å². The second-order valence-electron chi connectivity index (χ2n) is 5.65. The van der Waals surface area contributed by atoms with Crippen LogP contribution in [0, 0.1) is 5.92 Å². The van der Waals surface area contributed by atoms with Crippen molar-refractivity contribution < 1.29 is 14.3 Å². The van der Waals surface area contributed by atoms with Crippen LogP contribution < -0.4 is 11.1 Å². The van der Waals surface area contributed by atoms with Crippen molar-refractivity contribution in [3.63, 3.8) is 0 Å². The summed E-state index contributed by atoms with van der Waals surface area (Å²) < 4.78 is 5.37. The average Bonchev–Trinajstić information content (AvgIpc) is 2.68. The summed E-state index contributed by atoms with van der Waals surface area (Å²) in [4.78, 5) is 26.0. The second-order valence-corrected chi connectivity index (χ2v) is 5.65. The largest absolute Gasteiger partial charge is 0.380 e. The molecule has 1 saturated heterocycles. The molecule has 2 rings (SSSR count). The monoisotopic (exact) mass is 283 g/mol. The molecule has 0 aromatic carbocycles. The third-order valence-electron chi connectivity index (χ3n) is 4.36. The van der Waals surface area contributed by atoms with E-state index in [1.54, 1.807) is 0 Å². The lowest BCUT2D eigenvalue weighted by molar-refractivity contribution is -0.134. The Labute approximate surface area is 120 Å². The molecule has 0 bridgehead atoms. The molecule has 1 heterocycles. The van der Waals surface area contributed by atoms with Gasteiger partial charge in [0, 0.05) is 12.5 Å². The summed E-state index contributed by atoms with van der Waals surface area (Å²) in [7, 11) is 0. The van der Waals surface area contributed by atoms with Crippen LogP contribution in [0.15, 0.2) is 0 Å². The van der Waals surface area contributed by atoms with Crippen LogP contribution in [-0.4, -0.2) is 48.7 Å². The minimum Gasteiger partial charge on any atom is -0.380 e. The number of imide groups is 1. The van der Waals surface area contributed by atoms with E-state index in [0.29, 0.717) is 32.7 Å². The van der Waals surface area contributed by atoms with Crippen molar-refractivity contribution in [1.82, 2.24) is 10.2 Å². The normalized spacial score (nSPS) is 30.1.